The van der Waals surface area contributed by atoms with Gasteiger partial charge in [0.05, 0.1) is 0 Å². The Morgan fingerprint density at radius 2 is 1.59 bits per heavy atom. The Morgan fingerprint density at radius 1 is 1.06 bits per heavy atom. The Hall–Kier alpha value is -0.770. The highest BCUT2D eigenvalue weighted by Gasteiger charge is 2.19. The van der Waals surface area contributed by atoms with Crippen molar-refractivity contribution in [3.63, 3.8) is 0 Å². The van der Waals surface area contributed by atoms with Gasteiger partial charge in [-0.25, -0.2) is 4.79 Å². The van der Waals surface area contributed by atoms with Gasteiger partial charge in [-0.05, 0) is 52.6 Å². The summed E-state index contributed by atoms with van der Waals surface area (Å²) in [5.41, 5.74) is -0.191. The van der Waals surface area contributed by atoms with Crippen molar-refractivity contribution in [2.24, 2.45) is 5.41 Å². The fourth-order valence-electron chi connectivity index (χ4n) is 1.41. The van der Waals surface area contributed by atoms with Crippen molar-refractivity contribution in [2.75, 3.05) is 20.1 Å². The maximum absolute atomic E-state index is 11.4. The van der Waals surface area contributed by atoms with Crippen LogP contribution in [-0.2, 0) is 4.74 Å². The van der Waals surface area contributed by atoms with Crippen molar-refractivity contribution >= 4 is 6.09 Å². The molecule has 0 fully saturated rings. The van der Waals surface area contributed by atoms with Crippen molar-refractivity contribution in [2.45, 2.75) is 53.1 Å². The summed E-state index contributed by atoms with van der Waals surface area (Å²) < 4.78 is 5.17. The summed E-state index contributed by atoms with van der Waals surface area (Å²) in [7, 11) is 1.95. The van der Waals surface area contributed by atoms with Gasteiger partial charge < -0.3 is 15.4 Å². The Morgan fingerprint density at radius 3 is 2.06 bits per heavy atom. The van der Waals surface area contributed by atoms with Crippen LogP contribution in [0.1, 0.15) is 47.5 Å². The molecule has 0 aliphatic rings. The minimum atomic E-state index is -0.425. The van der Waals surface area contributed by atoms with Crippen molar-refractivity contribution < 1.29 is 9.53 Å². The minimum absolute atomic E-state index is 0.234. The minimum Gasteiger partial charge on any atom is -0.444 e. The topological polar surface area (TPSA) is 50.4 Å². The van der Waals surface area contributed by atoms with E-state index in [0.29, 0.717) is 6.54 Å². The van der Waals surface area contributed by atoms with Crippen LogP contribution in [0.3, 0.4) is 0 Å². The summed E-state index contributed by atoms with van der Waals surface area (Å²) in [6.45, 7) is 11.7. The lowest BCUT2D eigenvalue weighted by Crippen LogP contribution is -2.34. The number of ether oxygens (including phenoxy) is 1. The van der Waals surface area contributed by atoms with E-state index in [9.17, 15) is 4.79 Å². The molecule has 0 radical (unpaired) electrons. The number of rotatable bonds is 6. The summed E-state index contributed by atoms with van der Waals surface area (Å²) >= 11 is 0. The molecule has 0 heterocycles. The lowest BCUT2D eigenvalue weighted by molar-refractivity contribution is 0.0521. The predicted octanol–water partition coefficient (Wildman–Crippen LogP) is 2.54. The van der Waals surface area contributed by atoms with E-state index in [1.807, 2.05) is 27.8 Å². The molecule has 0 aliphatic carbocycles. The number of alkyl carbamates (subject to hydrolysis) is 1. The first-order valence-corrected chi connectivity index (χ1v) is 6.28. The smallest absolute Gasteiger partial charge is 0.407 e. The number of hydrogen-bond donors (Lipinski definition) is 2. The van der Waals surface area contributed by atoms with Crippen LogP contribution in [0, 0.1) is 5.41 Å². The van der Waals surface area contributed by atoms with E-state index in [2.05, 4.69) is 24.5 Å². The monoisotopic (exact) mass is 244 g/mol. The lowest BCUT2D eigenvalue weighted by atomic mass is 9.86. The Balaban J connectivity index is 3.79. The highest BCUT2D eigenvalue weighted by molar-refractivity contribution is 5.67. The molecule has 0 aromatic carbocycles. The van der Waals surface area contributed by atoms with Crippen molar-refractivity contribution in [3.8, 4) is 0 Å². The Labute approximate surface area is 105 Å². The fraction of sp³-hybridized carbons (Fsp3) is 0.923. The van der Waals surface area contributed by atoms with Crippen LogP contribution in [0.4, 0.5) is 4.79 Å². The van der Waals surface area contributed by atoms with Crippen LogP contribution in [0.15, 0.2) is 0 Å². The van der Waals surface area contributed by atoms with Crippen LogP contribution in [0.2, 0.25) is 0 Å². The van der Waals surface area contributed by atoms with E-state index in [1.165, 1.54) is 0 Å². The molecule has 0 bridgehead atoms. The SMILES string of the molecule is CNCCC(C)(C)CCNC(=O)OC(C)(C)C. The van der Waals surface area contributed by atoms with Gasteiger partial charge >= 0.3 is 6.09 Å². The summed E-state index contributed by atoms with van der Waals surface area (Å²) in [5.74, 6) is 0. The van der Waals surface area contributed by atoms with Crippen molar-refractivity contribution in [3.05, 3.63) is 0 Å². The second kappa shape index (κ2) is 6.84. The Bertz CT molecular complexity index is 232. The van der Waals surface area contributed by atoms with Crippen LogP contribution >= 0.6 is 0 Å². The molecule has 17 heavy (non-hydrogen) atoms. The molecule has 0 saturated heterocycles. The van der Waals surface area contributed by atoms with E-state index in [1.54, 1.807) is 0 Å². The van der Waals surface area contributed by atoms with Crippen LogP contribution in [0.25, 0.3) is 0 Å². The summed E-state index contributed by atoms with van der Waals surface area (Å²) in [6, 6.07) is 0. The molecule has 2 N–H and O–H groups in total. The molecule has 0 aromatic heterocycles. The average Bonchev–Trinajstić information content (AvgIpc) is 2.11. The summed E-state index contributed by atoms with van der Waals surface area (Å²) in [6.07, 6.45) is 1.72. The van der Waals surface area contributed by atoms with Crippen LogP contribution in [0.5, 0.6) is 0 Å². The largest absolute Gasteiger partial charge is 0.444 e. The Kier molecular flexibility index (Phi) is 6.53. The molecule has 0 unspecified atom stereocenters. The number of carbonyl (C=O) groups is 1. The second-order valence-corrected chi connectivity index (χ2v) is 6.20. The van der Waals surface area contributed by atoms with Gasteiger partial charge in [-0.3, -0.25) is 0 Å². The van der Waals surface area contributed by atoms with Crippen molar-refractivity contribution in [1.82, 2.24) is 10.6 Å². The molecule has 102 valence electrons. The third-order valence-electron chi connectivity index (χ3n) is 2.52. The number of amides is 1. The first-order chi connectivity index (χ1) is 7.66. The normalized spacial score (nSPS) is 12.4. The van der Waals surface area contributed by atoms with E-state index in [0.717, 1.165) is 19.4 Å². The van der Waals surface area contributed by atoms with Gasteiger partial charge in [0.15, 0.2) is 0 Å². The third-order valence-corrected chi connectivity index (χ3v) is 2.52. The summed E-state index contributed by atoms with van der Waals surface area (Å²) in [4.78, 5) is 11.4. The first-order valence-electron chi connectivity index (χ1n) is 6.28. The van der Waals surface area contributed by atoms with Gasteiger partial charge in [-0.15, -0.1) is 0 Å². The highest BCUT2D eigenvalue weighted by Crippen LogP contribution is 2.23. The van der Waals surface area contributed by atoms with Gasteiger partial charge in [-0.2, -0.15) is 0 Å². The van der Waals surface area contributed by atoms with Gasteiger partial charge in [0, 0.05) is 6.54 Å². The zero-order valence-electron chi connectivity index (χ0n) is 12.1. The van der Waals surface area contributed by atoms with Gasteiger partial charge in [0.2, 0.25) is 0 Å². The molecule has 4 heteroatoms. The lowest BCUT2D eigenvalue weighted by Gasteiger charge is -2.25. The molecule has 0 spiro atoms. The van der Waals surface area contributed by atoms with E-state index in [4.69, 9.17) is 4.74 Å². The standard InChI is InChI=1S/C13H28N2O2/c1-12(2,3)17-11(16)15-10-8-13(4,5)7-9-14-6/h14H,7-10H2,1-6H3,(H,15,16). The number of carbonyl (C=O) groups excluding carboxylic acids is 1. The maximum Gasteiger partial charge on any atom is 0.407 e. The van der Waals surface area contributed by atoms with Crippen molar-refractivity contribution in [1.29, 1.82) is 0 Å². The quantitative estimate of drug-likeness (QED) is 0.755. The second-order valence-electron chi connectivity index (χ2n) is 6.20. The van der Waals surface area contributed by atoms with Gasteiger partial charge in [0.1, 0.15) is 5.60 Å². The molecule has 0 aromatic rings. The highest BCUT2D eigenvalue weighted by atomic mass is 16.6. The molecule has 0 aliphatic heterocycles. The van der Waals surface area contributed by atoms with E-state index in [-0.39, 0.29) is 11.5 Å². The van der Waals surface area contributed by atoms with Gasteiger partial charge in [0.25, 0.3) is 0 Å². The van der Waals surface area contributed by atoms with E-state index < -0.39 is 5.60 Å². The number of hydrogen-bond acceptors (Lipinski definition) is 3. The predicted molar refractivity (Wildman–Crippen MR) is 71.2 cm³/mol. The zero-order chi connectivity index (χ0) is 13.5. The van der Waals surface area contributed by atoms with Gasteiger partial charge in [-0.1, -0.05) is 13.8 Å². The number of nitrogens with one attached hydrogen (secondary N) is 2. The zero-order valence-corrected chi connectivity index (χ0v) is 12.1. The first kappa shape index (κ1) is 16.2. The molecule has 4 nitrogen and oxygen atoms in total. The van der Waals surface area contributed by atoms with Crippen LogP contribution < -0.4 is 10.6 Å². The molecule has 0 rings (SSSR count). The van der Waals surface area contributed by atoms with E-state index >= 15 is 0 Å². The summed E-state index contributed by atoms with van der Waals surface area (Å²) in [5, 5.41) is 5.93. The average molecular weight is 244 g/mol. The molecular weight excluding hydrogens is 216 g/mol. The molecule has 1 amide bonds. The fourth-order valence-corrected chi connectivity index (χ4v) is 1.41. The molecular formula is C13H28N2O2. The maximum atomic E-state index is 11.4. The van der Waals surface area contributed by atoms with Crippen LogP contribution in [-0.4, -0.2) is 31.8 Å². The molecule has 0 atom stereocenters. The third kappa shape index (κ3) is 10.1. The molecule has 0 saturated carbocycles.